The Balaban J connectivity index is 1.94. The summed E-state index contributed by atoms with van der Waals surface area (Å²) in [7, 11) is 5.75. The molecule has 22 heavy (non-hydrogen) atoms. The van der Waals surface area contributed by atoms with E-state index in [0.717, 1.165) is 32.5 Å². The Bertz CT molecular complexity index is 461. The molecule has 2 rings (SSSR count). The van der Waals surface area contributed by atoms with Gasteiger partial charge in [-0.15, -0.1) is 0 Å². The van der Waals surface area contributed by atoms with Gasteiger partial charge in [0.05, 0.1) is 7.11 Å². The number of methoxy groups -OCH3 is 1. The van der Waals surface area contributed by atoms with Gasteiger partial charge < -0.3 is 9.64 Å². The largest absolute Gasteiger partial charge is 0.469 e. The molecule has 1 saturated heterocycles. The highest BCUT2D eigenvalue weighted by Crippen LogP contribution is 2.26. The molecule has 1 fully saturated rings. The summed E-state index contributed by atoms with van der Waals surface area (Å²) in [5.41, 5.74) is 1.36. The van der Waals surface area contributed by atoms with Crippen LogP contribution in [0.15, 0.2) is 30.3 Å². The summed E-state index contributed by atoms with van der Waals surface area (Å²) in [5, 5.41) is 0. The number of piperidine rings is 1. The second-order valence-corrected chi connectivity index (χ2v) is 6.42. The lowest BCUT2D eigenvalue weighted by Crippen LogP contribution is -2.48. The highest BCUT2D eigenvalue weighted by atomic mass is 16.5. The van der Waals surface area contributed by atoms with Gasteiger partial charge in [0.1, 0.15) is 0 Å². The van der Waals surface area contributed by atoms with Crippen molar-refractivity contribution in [2.75, 3.05) is 34.3 Å². The SMILES string of the molecule is COC(=O)CC[C@H]1CN(Cc2ccccc2)CC[C@@H]1N(C)C. The van der Waals surface area contributed by atoms with Gasteiger partial charge in [-0.3, -0.25) is 9.69 Å². The summed E-state index contributed by atoms with van der Waals surface area (Å²) in [4.78, 5) is 16.3. The van der Waals surface area contributed by atoms with Crippen LogP contribution in [0.2, 0.25) is 0 Å². The van der Waals surface area contributed by atoms with Crippen molar-refractivity contribution < 1.29 is 9.53 Å². The smallest absolute Gasteiger partial charge is 0.305 e. The molecule has 4 nitrogen and oxygen atoms in total. The normalized spacial score (nSPS) is 22.7. The van der Waals surface area contributed by atoms with Gasteiger partial charge in [-0.05, 0) is 45.0 Å². The molecule has 1 aliphatic rings. The number of hydrogen-bond acceptors (Lipinski definition) is 4. The van der Waals surface area contributed by atoms with Crippen molar-refractivity contribution in [3.05, 3.63) is 35.9 Å². The molecule has 0 spiro atoms. The lowest BCUT2D eigenvalue weighted by Gasteiger charge is -2.41. The van der Waals surface area contributed by atoms with Gasteiger partial charge in [-0.25, -0.2) is 0 Å². The van der Waals surface area contributed by atoms with Crippen molar-refractivity contribution in [1.29, 1.82) is 0 Å². The first-order chi connectivity index (χ1) is 10.6. The maximum absolute atomic E-state index is 11.5. The first-order valence-corrected chi connectivity index (χ1v) is 8.09. The molecule has 0 aliphatic carbocycles. The molecule has 1 aromatic rings. The van der Waals surface area contributed by atoms with Crippen LogP contribution >= 0.6 is 0 Å². The minimum Gasteiger partial charge on any atom is -0.469 e. The van der Waals surface area contributed by atoms with E-state index in [1.54, 1.807) is 0 Å². The van der Waals surface area contributed by atoms with Crippen LogP contribution in [0, 0.1) is 5.92 Å². The Hall–Kier alpha value is -1.39. The van der Waals surface area contributed by atoms with Gasteiger partial charge >= 0.3 is 5.97 Å². The van der Waals surface area contributed by atoms with Crippen LogP contribution in [0.4, 0.5) is 0 Å². The van der Waals surface area contributed by atoms with Gasteiger partial charge in [-0.2, -0.15) is 0 Å². The summed E-state index contributed by atoms with van der Waals surface area (Å²) in [6.07, 6.45) is 2.58. The number of carbonyl (C=O) groups is 1. The molecule has 1 aromatic carbocycles. The van der Waals surface area contributed by atoms with Crippen molar-refractivity contribution >= 4 is 5.97 Å². The fourth-order valence-electron chi connectivity index (χ4n) is 3.45. The lowest BCUT2D eigenvalue weighted by molar-refractivity contribution is -0.141. The molecule has 0 radical (unpaired) electrons. The number of esters is 1. The molecule has 1 aliphatic heterocycles. The predicted octanol–water partition coefficient (Wildman–Crippen LogP) is 2.39. The summed E-state index contributed by atoms with van der Waals surface area (Å²) >= 11 is 0. The zero-order valence-electron chi connectivity index (χ0n) is 14.0. The second kappa shape index (κ2) is 8.30. The zero-order valence-corrected chi connectivity index (χ0v) is 14.0. The van der Waals surface area contributed by atoms with Crippen LogP contribution < -0.4 is 0 Å². The molecule has 0 amide bonds. The van der Waals surface area contributed by atoms with Crippen molar-refractivity contribution in [2.45, 2.75) is 31.8 Å². The summed E-state index contributed by atoms with van der Waals surface area (Å²) in [5.74, 6) is 0.421. The van der Waals surface area contributed by atoms with Crippen LogP contribution in [0.3, 0.4) is 0 Å². The number of benzene rings is 1. The monoisotopic (exact) mass is 304 g/mol. The third kappa shape index (κ3) is 4.82. The number of rotatable bonds is 6. The summed E-state index contributed by atoms with van der Waals surface area (Å²) < 4.78 is 4.79. The van der Waals surface area contributed by atoms with E-state index in [9.17, 15) is 4.79 Å². The van der Waals surface area contributed by atoms with Gasteiger partial charge in [0.15, 0.2) is 0 Å². The Labute approximate surface area is 134 Å². The molecule has 4 heteroatoms. The first-order valence-electron chi connectivity index (χ1n) is 8.09. The van der Waals surface area contributed by atoms with E-state index in [1.807, 2.05) is 0 Å². The minimum absolute atomic E-state index is 0.0994. The zero-order chi connectivity index (χ0) is 15.9. The average molecular weight is 304 g/mol. The molecule has 0 bridgehead atoms. The van der Waals surface area contributed by atoms with Gasteiger partial charge in [0.2, 0.25) is 0 Å². The molecule has 0 N–H and O–H groups in total. The van der Waals surface area contributed by atoms with Crippen molar-refractivity contribution in [3.8, 4) is 0 Å². The lowest BCUT2D eigenvalue weighted by atomic mass is 9.87. The predicted molar refractivity (Wildman–Crippen MR) is 88.6 cm³/mol. The number of ether oxygens (including phenoxy) is 1. The van der Waals surface area contributed by atoms with E-state index in [0.29, 0.717) is 18.4 Å². The van der Waals surface area contributed by atoms with Crippen molar-refractivity contribution in [2.24, 2.45) is 5.92 Å². The molecule has 0 unspecified atom stereocenters. The van der Waals surface area contributed by atoms with E-state index < -0.39 is 0 Å². The summed E-state index contributed by atoms with van der Waals surface area (Å²) in [6, 6.07) is 11.2. The molecular weight excluding hydrogens is 276 g/mol. The fourth-order valence-corrected chi connectivity index (χ4v) is 3.45. The first kappa shape index (κ1) is 17.0. The third-order valence-corrected chi connectivity index (χ3v) is 4.64. The van der Waals surface area contributed by atoms with Crippen LogP contribution in [-0.4, -0.2) is 56.1 Å². The van der Waals surface area contributed by atoms with E-state index in [2.05, 4.69) is 54.2 Å². The Kier molecular flexibility index (Phi) is 6.40. The maximum Gasteiger partial charge on any atom is 0.305 e. The molecule has 1 heterocycles. The van der Waals surface area contributed by atoms with Gasteiger partial charge in [0, 0.05) is 25.6 Å². The van der Waals surface area contributed by atoms with E-state index in [1.165, 1.54) is 12.7 Å². The van der Waals surface area contributed by atoms with E-state index in [4.69, 9.17) is 4.74 Å². The highest BCUT2D eigenvalue weighted by molar-refractivity contribution is 5.69. The van der Waals surface area contributed by atoms with Crippen molar-refractivity contribution in [3.63, 3.8) is 0 Å². The number of carbonyl (C=O) groups excluding carboxylic acids is 1. The fraction of sp³-hybridized carbons (Fsp3) is 0.611. The number of likely N-dealkylation sites (tertiary alicyclic amines) is 1. The molecule has 0 saturated carbocycles. The second-order valence-electron chi connectivity index (χ2n) is 6.42. The number of nitrogens with zero attached hydrogens (tertiary/aromatic N) is 2. The van der Waals surface area contributed by atoms with Crippen LogP contribution in [-0.2, 0) is 16.1 Å². The quantitative estimate of drug-likeness (QED) is 0.756. The molecule has 122 valence electrons. The van der Waals surface area contributed by atoms with Crippen molar-refractivity contribution in [1.82, 2.24) is 9.80 Å². The van der Waals surface area contributed by atoms with Gasteiger partial charge in [-0.1, -0.05) is 30.3 Å². The Morgan fingerprint density at radius 3 is 2.68 bits per heavy atom. The standard InChI is InChI=1S/C18H28N2O2/c1-19(2)17-11-12-20(13-15-7-5-4-6-8-15)14-16(17)9-10-18(21)22-3/h4-8,16-17H,9-14H2,1-3H3/t16-,17-/m0/s1. The molecular formula is C18H28N2O2. The Morgan fingerprint density at radius 1 is 1.32 bits per heavy atom. The topological polar surface area (TPSA) is 32.8 Å². The van der Waals surface area contributed by atoms with Gasteiger partial charge in [0.25, 0.3) is 0 Å². The van der Waals surface area contributed by atoms with Crippen LogP contribution in [0.25, 0.3) is 0 Å². The Morgan fingerprint density at radius 2 is 2.05 bits per heavy atom. The van der Waals surface area contributed by atoms with E-state index >= 15 is 0 Å². The highest BCUT2D eigenvalue weighted by Gasteiger charge is 2.30. The van der Waals surface area contributed by atoms with E-state index in [-0.39, 0.29) is 5.97 Å². The maximum atomic E-state index is 11.5. The van der Waals surface area contributed by atoms with Crippen LogP contribution in [0.1, 0.15) is 24.8 Å². The summed E-state index contributed by atoms with van der Waals surface area (Å²) in [6.45, 7) is 3.16. The average Bonchev–Trinajstić information content (AvgIpc) is 2.53. The van der Waals surface area contributed by atoms with Crippen LogP contribution in [0.5, 0.6) is 0 Å². The third-order valence-electron chi connectivity index (χ3n) is 4.64. The molecule has 0 aromatic heterocycles. The molecule has 2 atom stereocenters. The number of hydrogen-bond donors (Lipinski definition) is 0. The minimum atomic E-state index is -0.0994.